The Kier molecular flexibility index (Phi) is 9.14. The second-order valence-corrected chi connectivity index (χ2v) is 6.86. The molecular weight excluding hydrogens is 529 g/mol. The molecule has 2 heterocycles. The van der Waals surface area contributed by atoms with Crippen molar-refractivity contribution in [2.24, 2.45) is 4.99 Å². The van der Waals surface area contributed by atoms with Crippen molar-refractivity contribution in [3.05, 3.63) is 54.0 Å². The fraction of sp³-hybridized carbons (Fsp3) is 0.400. The minimum Gasteiger partial charge on any atom is -0.484 e. The van der Waals surface area contributed by atoms with Crippen LogP contribution in [0, 0.1) is 5.82 Å². The van der Waals surface area contributed by atoms with Gasteiger partial charge in [-0.3, -0.25) is 4.99 Å². The number of ether oxygens (including phenoxy) is 1. The van der Waals surface area contributed by atoms with E-state index >= 15 is 0 Å². The molecule has 0 amide bonds. The van der Waals surface area contributed by atoms with Crippen LogP contribution < -0.4 is 20.3 Å². The summed E-state index contributed by atoms with van der Waals surface area (Å²) in [5.41, 5.74) is 0.751. The molecule has 1 saturated heterocycles. The second-order valence-electron chi connectivity index (χ2n) is 6.86. The molecule has 0 aliphatic carbocycles. The molecule has 0 radical (unpaired) electrons. The fourth-order valence-electron chi connectivity index (χ4n) is 3.16. The van der Waals surface area contributed by atoms with Crippen molar-refractivity contribution in [3.8, 4) is 5.75 Å². The Bertz CT molecular complexity index is 881. The van der Waals surface area contributed by atoms with Crippen LogP contribution in [-0.2, 0) is 6.54 Å². The third-order valence-corrected chi connectivity index (χ3v) is 4.55. The molecule has 3 rings (SSSR count). The number of alkyl halides is 3. The number of aromatic nitrogens is 1. The van der Waals surface area contributed by atoms with E-state index in [9.17, 15) is 17.6 Å². The van der Waals surface area contributed by atoms with Crippen LogP contribution in [0.1, 0.15) is 12.0 Å². The predicted octanol–water partition coefficient (Wildman–Crippen LogP) is 3.72. The Morgan fingerprint density at radius 3 is 2.81 bits per heavy atom. The summed E-state index contributed by atoms with van der Waals surface area (Å²) in [6.07, 6.45) is -2.03. The number of anilines is 1. The van der Waals surface area contributed by atoms with Crippen LogP contribution in [0.3, 0.4) is 0 Å². The van der Waals surface area contributed by atoms with Gasteiger partial charge in [-0.1, -0.05) is 12.1 Å². The number of nitrogens with one attached hydrogen (secondary N) is 2. The largest absolute Gasteiger partial charge is 0.484 e. The number of rotatable bonds is 6. The lowest BCUT2D eigenvalue weighted by Gasteiger charge is -2.20. The van der Waals surface area contributed by atoms with E-state index in [2.05, 4.69) is 20.6 Å². The van der Waals surface area contributed by atoms with Crippen molar-refractivity contribution >= 4 is 35.8 Å². The van der Waals surface area contributed by atoms with Crippen LogP contribution in [0.5, 0.6) is 5.75 Å². The summed E-state index contributed by atoms with van der Waals surface area (Å²) in [6, 6.07) is 9.44. The van der Waals surface area contributed by atoms with Crippen LogP contribution in [-0.4, -0.2) is 49.9 Å². The van der Waals surface area contributed by atoms with Gasteiger partial charge in [-0.05, 0) is 36.2 Å². The van der Waals surface area contributed by atoms with Crippen LogP contribution >= 0.6 is 24.0 Å². The molecule has 0 spiro atoms. The van der Waals surface area contributed by atoms with Crippen molar-refractivity contribution in [2.45, 2.75) is 25.2 Å². The molecule has 1 aromatic carbocycles. The van der Waals surface area contributed by atoms with E-state index in [0.29, 0.717) is 31.4 Å². The highest BCUT2D eigenvalue weighted by Crippen LogP contribution is 2.21. The number of benzene rings is 1. The highest BCUT2D eigenvalue weighted by molar-refractivity contribution is 14.0. The number of halogens is 5. The Hall–Kier alpha value is -2.31. The van der Waals surface area contributed by atoms with Gasteiger partial charge in [0.1, 0.15) is 5.75 Å². The Morgan fingerprint density at radius 1 is 1.29 bits per heavy atom. The molecule has 2 N–H and O–H groups in total. The van der Waals surface area contributed by atoms with Crippen LogP contribution in [0.25, 0.3) is 0 Å². The minimum absolute atomic E-state index is 0. The van der Waals surface area contributed by atoms with E-state index < -0.39 is 12.8 Å². The van der Waals surface area contributed by atoms with E-state index in [1.807, 2.05) is 4.90 Å². The SMILES string of the molecule is CN=C(NCc1cccc(OCC(F)(F)F)c1)NC1CCN(c2ncccc2F)C1.I. The molecule has 170 valence electrons. The summed E-state index contributed by atoms with van der Waals surface area (Å²) >= 11 is 0. The normalized spacial score (nSPS) is 16.6. The maximum absolute atomic E-state index is 13.9. The summed E-state index contributed by atoms with van der Waals surface area (Å²) in [7, 11) is 1.63. The van der Waals surface area contributed by atoms with E-state index in [4.69, 9.17) is 4.74 Å². The number of nitrogens with zero attached hydrogens (tertiary/aromatic N) is 3. The van der Waals surface area contributed by atoms with Gasteiger partial charge in [0.15, 0.2) is 24.2 Å². The Balaban J connectivity index is 0.00000341. The topological polar surface area (TPSA) is 61.8 Å². The van der Waals surface area contributed by atoms with Crippen molar-refractivity contribution in [3.63, 3.8) is 0 Å². The first-order valence-corrected chi connectivity index (χ1v) is 9.45. The lowest BCUT2D eigenvalue weighted by molar-refractivity contribution is -0.153. The third-order valence-electron chi connectivity index (χ3n) is 4.55. The third kappa shape index (κ3) is 7.71. The van der Waals surface area contributed by atoms with E-state index in [0.717, 1.165) is 12.0 Å². The van der Waals surface area contributed by atoms with Gasteiger partial charge in [0.05, 0.1) is 0 Å². The molecule has 1 unspecified atom stereocenters. The molecule has 0 saturated carbocycles. The molecule has 1 fully saturated rings. The number of hydrogen-bond donors (Lipinski definition) is 2. The number of pyridine rings is 1. The zero-order valence-corrected chi connectivity index (χ0v) is 19.2. The second kappa shape index (κ2) is 11.3. The molecule has 2 aromatic rings. The van der Waals surface area contributed by atoms with Crippen LogP contribution in [0.15, 0.2) is 47.6 Å². The smallest absolute Gasteiger partial charge is 0.422 e. The maximum Gasteiger partial charge on any atom is 0.422 e. The monoisotopic (exact) mass is 553 g/mol. The first-order chi connectivity index (χ1) is 14.3. The van der Waals surface area contributed by atoms with Crippen molar-refractivity contribution in [2.75, 3.05) is 31.6 Å². The first-order valence-electron chi connectivity index (χ1n) is 9.45. The lowest BCUT2D eigenvalue weighted by Crippen LogP contribution is -2.44. The Labute approximate surface area is 195 Å². The van der Waals surface area contributed by atoms with E-state index in [1.54, 1.807) is 37.5 Å². The molecule has 1 aliphatic heterocycles. The highest BCUT2D eigenvalue weighted by Gasteiger charge is 2.28. The van der Waals surface area contributed by atoms with Crippen molar-refractivity contribution < 1.29 is 22.3 Å². The summed E-state index contributed by atoms with van der Waals surface area (Å²) in [5.74, 6) is 0.678. The molecule has 1 atom stereocenters. The molecule has 31 heavy (non-hydrogen) atoms. The fourth-order valence-corrected chi connectivity index (χ4v) is 3.16. The molecular formula is C20H24F4IN5O. The number of guanidine groups is 1. The Morgan fingerprint density at radius 2 is 2.10 bits per heavy atom. The van der Waals surface area contributed by atoms with Gasteiger partial charge in [0, 0.05) is 38.9 Å². The molecule has 11 heteroatoms. The van der Waals surface area contributed by atoms with Crippen molar-refractivity contribution in [1.82, 2.24) is 15.6 Å². The molecule has 0 bridgehead atoms. The van der Waals surface area contributed by atoms with Crippen molar-refractivity contribution in [1.29, 1.82) is 0 Å². The van der Waals surface area contributed by atoms with E-state index in [-0.39, 0.29) is 41.6 Å². The van der Waals surface area contributed by atoms with Gasteiger partial charge in [0.25, 0.3) is 0 Å². The van der Waals surface area contributed by atoms with Crippen LogP contribution in [0.2, 0.25) is 0 Å². The average Bonchev–Trinajstić information content (AvgIpc) is 3.18. The maximum atomic E-state index is 13.9. The van der Waals surface area contributed by atoms with Gasteiger partial charge in [-0.2, -0.15) is 13.2 Å². The van der Waals surface area contributed by atoms with Gasteiger partial charge >= 0.3 is 6.18 Å². The zero-order chi connectivity index (χ0) is 21.6. The predicted molar refractivity (Wildman–Crippen MR) is 122 cm³/mol. The summed E-state index contributed by atoms with van der Waals surface area (Å²) in [6.45, 7) is 0.271. The molecule has 6 nitrogen and oxygen atoms in total. The molecule has 1 aromatic heterocycles. The zero-order valence-electron chi connectivity index (χ0n) is 16.8. The molecule has 1 aliphatic rings. The average molecular weight is 553 g/mol. The summed E-state index contributed by atoms with van der Waals surface area (Å²) < 4.78 is 55.6. The lowest BCUT2D eigenvalue weighted by atomic mass is 10.2. The van der Waals surface area contributed by atoms with Gasteiger partial charge in [-0.15, -0.1) is 24.0 Å². The first kappa shape index (κ1) is 25.0. The highest BCUT2D eigenvalue weighted by atomic mass is 127. The van der Waals surface area contributed by atoms with Gasteiger partial charge < -0.3 is 20.3 Å². The van der Waals surface area contributed by atoms with Gasteiger partial charge in [0.2, 0.25) is 0 Å². The quantitative estimate of drug-likeness (QED) is 0.247. The van der Waals surface area contributed by atoms with Crippen LogP contribution in [0.4, 0.5) is 23.4 Å². The summed E-state index contributed by atoms with van der Waals surface area (Å²) in [4.78, 5) is 10.2. The number of hydrogen-bond acceptors (Lipinski definition) is 4. The van der Waals surface area contributed by atoms with E-state index in [1.165, 1.54) is 12.1 Å². The van der Waals surface area contributed by atoms with Gasteiger partial charge in [-0.25, -0.2) is 9.37 Å². The standard InChI is InChI=1S/C20H23F4N5O.HI/c1-25-19(27-11-14-4-2-5-16(10-14)30-13-20(22,23)24)28-15-7-9-29(12-15)18-17(21)6-3-8-26-18;/h2-6,8,10,15H,7,9,11-13H2,1H3,(H2,25,27,28);1H. The minimum atomic E-state index is -4.38. The number of aliphatic imine (C=N–C) groups is 1. The summed E-state index contributed by atoms with van der Waals surface area (Å²) in [5, 5.41) is 6.41.